The number of nitrogens with zero attached hydrogens (tertiary/aromatic N) is 4. The van der Waals surface area contributed by atoms with E-state index in [1.165, 1.54) is 0 Å². The van der Waals surface area contributed by atoms with E-state index < -0.39 is 5.60 Å². The first-order chi connectivity index (χ1) is 13.7. The van der Waals surface area contributed by atoms with Crippen molar-refractivity contribution in [2.45, 2.75) is 65.8 Å². The summed E-state index contributed by atoms with van der Waals surface area (Å²) >= 11 is 0. The maximum absolute atomic E-state index is 10.1. The predicted octanol–water partition coefficient (Wildman–Crippen LogP) is 3.43. The fourth-order valence-corrected chi connectivity index (χ4v) is 3.42. The number of anilines is 2. The Kier molecular flexibility index (Phi) is 5.93. The highest BCUT2D eigenvalue weighted by Gasteiger charge is 2.19. The normalized spacial score (nSPS) is 12.9. The molecule has 4 N–H and O–H groups in total. The minimum absolute atomic E-state index is 0.0147. The van der Waals surface area contributed by atoms with Crippen molar-refractivity contribution in [2.75, 3.05) is 10.6 Å². The van der Waals surface area contributed by atoms with E-state index >= 15 is 0 Å². The molecule has 3 aromatic rings. The van der Waals surface area contributed by atoms with E-state index in [0.717, 1.165) is 23.3 Å². The van der Waals surface area contributed by atoms with Crippen molar-refractivity contribution in [3.8, 4) is 5.75 Å². The molecule has 3 rings (SSSR count). The highest BCUT2D eigenvalue weighted by atomic mass is 16.3. The maximum atomic E-state index is 10.1. The van der Waals surface area contributed by atoms with Crippen molar-refractivity contribution in [1.82, 2.24) is 19.5 Å². The van der Waals surface area contributed by atoms with Gasteiger partial charge in [-0.1, -0.05) is 17.7 Å². The molecule has 0 spiro atoms. The lowest BCUT2D eigenvalue weighted by molar-refractivity contribution is 0.0672. The Morgan fingerprint density at radius 3 is 2.69 bits per heavy atom. The topological polar surface area (TPSA) is 108 Å². The highest BCUT2D eigenvalue weighted by molar-refractivity contribution is 5.84. The zero-order valence-corrected chi connectivity index (χ0v) is 17.7. The van der Waals surface area contributed by atoms with Crippen molar-refractivity contribution in [1.29, 1.82) is 0 Å². The first kappa shape index (κ1) is 20.9. The van der Waals surface area contributed by atoms with Gasteiger partial charge in [0.25, 0.3) is 0 Å². The number of hydrogen-bond donors (Lipinski definition) is 4. The quantitative estimate of drug-likeness (QED) is 0.460. The van der Waals surface area contributed by atoms with Crippen LogP contribution >= 0.6 is 0 Å². The van der Waals surface area contributed by atoms with Crippen molar-refractivity contribution in [3.05, 3.63) is 35.7 Å². The second-order valence-corrected chi connectivity index (χ2v) is 8.15. The minimum Gasteiger partial charge on any atom is -0.508 e. The van der Waals surface area contributed by atoms with Gasteiger partial charge in [0, 0.05) is 24.7 Å². The summed E-state index contributed by atoms with van der Waals surface area (Å²) in [5.41, 5.74) is 2.49. The van der Waals surface area contributed by atoms with E-state index in [0.29, 0.717) is 30.2 Å². The van der Waals surface area contributed by atoms with Crippen LogP contribution in [0.4, 0.5) is 11.8 Å². The third kappa shape index (κ3) is 5.14. The molecule has 2 aromatic heterocycles. The molecule has 0 aliphatic heterocycles. The summed E-state index contributed by atoms with van der Waals surface area (Å²) in [5, 5.41) is 26.8. The molecule has 2 heterocycles. The van der Waals surface area contributed by atoms with Gasteiger partial charge in [-0.2, -0.15) is 9.97 Å². The number of fused-ring (bicyclic) bond motifs is 1. The number of hydrogen-bond acceptors (Lipinski definition) is 7. The fraction of sp³-hybridized carbons (Fsp3) is 0.476. The lowest BCUT2D eigenvalue weighted by atomic mass is 10.0. The van der Waals surface area contributed by atoms with E-state index in [4.69, 9.17) is 0 Å². The van der Waals surface area contributed by atoms with Crippen molar-refractivity contribution < 1.29 is 10.2 Å². The SMILES string of the molecule is CCn1cnc2c(NCc3cc(C)ccc3O)nc(NC(C)CC(C)(C)O)nc21. The van der Waals surface area contributed by atoms with Gasteiger partial charge < -0.3 is 25.4 Å². The standard InChI is InChI=1S/C21H30N6O2/c1-6-27-12-23-17-18(22-11-15-9-13(2)7-8-16(15)28)25-20(26-19(17)27)24-14(3)10-21(4,5)29/h7-9,12,14,28-29H,6,10-11H2,1-5H3,(H2,22,24,25,26). The zero-order chi connectivity index (χ0) is 21.2. The zero-order valence-electron chi connectivity index (χ0n) is 17.7. The van der Waals surface area contributed by atoms with Crippen molar-refractivity contribution in [3.63, 3.8) is 0 Å². The molecule has 0 aliphatic carbocycles. The van der Waals surface area contributed by atoms with Gasteiger partial charge in [-0.05, 0) is 47.1 Å². The van der Waals surface area contributed by atoms with Gasteiger partial charge in [-0.25, -0.2) is 4.98 Å². The number of aromatic hydroxyl groups is 1. The summed E-state index contributed by atoms with van der Waals surface area (Å²) in [4.78, 5) is 13.7. The van der Waals surface area contributed by atoms with Crippen molar-refractivity contribution >= 4 is 22.9 Å². The Morgan fingerprint density at radius 2 is 2.00 bits per heavy atom. The molecule has 1 unspecified atom stereocenters. The van der Waals surface area contributed by atoms with E-state index in [2.05, 4.69) is 25.6 Å². The van der Waals surface area contributed by atoms with Crippen LogP contribution in [-0.4, -0.2) is 41.4 Å². The van der Waals surface area contributed by atoms with E-state index in [1.807, 2.05) is 37.5 Å². The highest BCUT2D eigenvalue weighted by Crippen LogP contribution is 2.24. The molecule has 0 saturated carbocycles. The Bertz CT molecular complexity index is 993. The first-order valence-electron chi connectivity index (χ1n) is 9.90. The number of aliphatic hydroxyl groups is 1. The molecule has 0 amide bonds. The molecule has 29 heavy (non-hydrogen) atoms. The van der Waals surface area contributed by atoms with Crippen LogP contribution in [0.15, 0.2) is 24.5 Å². The third-order valence-electron chi connectivity index (χ3n) is 4.67. The van der Waals surface area contributed by atoms with E-state index in [9.17, 15) is 10.2 Å². The number of nitrogens with one attached hydrogen (secondary N) is 2. The molecule has 8 nitrogen and oxygen atoms in total. The average Bonchev–Trinajstić information content (AvgIpc) is 3.03. The molecule has 0 saturated heterocycles. The lowest BCUT2D eigenvalue weighted by Gasteiger charge is -2.23. The second-order valence-electron chi connectivity index (χ2n) is 8.15. The summed E-state index contributed by atoms with van der Waals surface area (Å²) in [5.74, 6) is 1.31. The molecule has 0 bridgehead atoms. The smallest absolute Gasteiger partial charge is 0.226 e. The third-order valence-corrected chi connectivity index (χ3v) is 4.67. The van der Waals surface area contributed by atoms with Crippen LogP contribution in [0.25, 0.3) is 11.2 Å². The summed E-state index contributed by atoms with van der Waals surface area (Å²) in [6.45, 7) is 10.7. The number of benzene rings is 1. The molecule has 156 valence electrons. The van der Waals surface area contributed by atoms with Crippen LogP contribution in [0.1, 0.15) is 45.2 Å². The van der Waals surface area contributed by atoms with Gasteiger partial charge >= 0.3 is 0 Å². The Labute approximate surface area is 171 Å². The van der Waals surface area contributed by atoms with Gasteiger partial charge in [0.1, 0.15) is 5.75 Å². The largest absolute Gasteiger partial charge is 0.508 e. The fourth-order valence-electron chi connectivity index (χ4n) is 3.42. The molecule has 0 aliphatic rings. The van der Waals surface area contributed by atoms with Crippen LogP contribution in [0.3, 0.4) is 0 Å². The maximum Gasteiger partial charge on any atom is 0.226 e. The lowest BCUT2D eigenvalue weighted by Crippen LogP contribution is -2.29. The second kappa shape index (κ2) is 8.24. The molecular weight excluding hydrogens is 368 g/mol. The Morgan fingerprint density at radius 1 is 1.24 bits per heavy atom. The van der Waals surface area contributed by atoms with Gasteiger partial charge in [0.05, 0.1) is 11.9 Å². The number of imidazole rings is 1. The number of phenolic OH excluding ortho intramolecular Hbond substituents is 1. The molecule has 0 fully saturated rings. The van der Waals surface area contributed by atoms with Gasteiger partial charge in [-0.15, -0.1) is 0 Å². The van der Waals surface area contributed by atoms with Gasteiger partial charge in [0.2, 0.25) is 5.95 Å². The summed E-state index contributed by atoms with van der Waals surface area (Å²) in [7, 11) is 0. The molecule has 8 heteroatoms. The van der Waals surface area contributed by atoms with Gasteiger partial charge in [0.15, 0.2) is 17.0 Å². The van der Waals surface area contributed by atoms with Crippen LogP contribution in [0, 0.1) is 6.92 Å². The predicted molar refractivity (Wildman–Crippen MR) is 115 cm³/mol. The Balaban J connectivity index is 1.90. The Hall–Kier alpha value is -2.87. The number of rotatable bonds is 8. The van der Waals surface area contributed by atoms with Crippen LogP contribution < -0.4 is 10.6 Å². The van der Waals surface area contributed by atoms with Crippen LogP contribution in [0.2, 0.25) is 0 Å². The van der Waals surface area contributed by atoms with Crippen LogP contribution in [0.5, 0.6) is 5.75 Å². The number of aromatic nitrogens is 4. The van der Waals surface area contributed by atoms with E-state index in [-0.39, 0.29) is 11.8 Å². The number of aryl methyl sites for hydroxylation is 2. The first-order valence-corrected chi connectivity index (χ1v) is 9.90. The van der Waals surface area contributed by atoms with Crippen LogP contribution in [-0.2, 0) is 13.1 Å². The molecule has 1 atom stereocenters. The molecule has 0 radical (unpaired) electrons. The summed E-state index contributed by atoms with van der Waals surface area (Å²) in [6.07, 6.45) is 2.31. The number of phenols is 1. The monoisotopic (exact) mass is 398 g/mol. The van der Waals surface area contributed by atoms with Crippen molar-refractivity contribution in [2.24, 2.45) is 0 Å². The molecular formula is C21H30N6O2. The molecule has 1 aromatic carbocycles. The van der Waals surface area contributed by atoms with E-state index in [1.54, 1.807) is 26.2 Å². The van der Waals surface area contributed by atoms with Gasteiger partial charge in [-0.3, -0.25) is 0 Å². The average molecular weight is 399 g/mol. The summed E-state index contributed by atoms with van der Waals surface area (Å²) in [6, 6.07) is 5.49. The minimum atomic E-state index is -0.786. The summed E-state index contributed by atoms with van der Waals surface area (Å²) < 4.78 is 1.96.